The molecule has 1 aliphatic heterocycles. The largest absolute Gasteiger partial charge is 0.463 e. The van der Waals surface area contributed by atoms with Crippen LogP contribution in [0.5, 0.6) is 0 Å². The quantitative estimate of drug-likeness (QED) is 0.704. The third kappa shape index (κ3) is 2.85. The molecule has 138 valence electrons. The van der Waals surface area contributed by atoms with Crippen LogP contribution in [-0.2, 0) is 9.53 Å². The summed E-state index contributed by atoms with van der Waals surface area (Å²) in [4.78, 5) is 17.2. The van der Waals surface area contributed by atoms with Crippen LogP contribution in [-0.4, -0.2) is 22.1 Å². The van der Waals surface area contributed by atoms with E-state index >= 15 is 0 Å². The normalized spacial score (nSPS) is 16.2. The van der Waals surface area contributed by atoms with E-state index in [2.05, 4.69) is 10.3 Å². The summed E-state index contributed by atoms with van der Waals surface area (Å²) in [5.74, 6) is -1.47. The highest BCUT2D eigenvalue weighted by molar-refractivity contribution is 5.94. The molecule has 1 aromatic heterocycles. The number of benzene rings is 2. The Balaban J connectivity index is 2.01. The first kappa shape index (κ1) is 17.2. The van der Waals surface area contributed by atoms with E-state index in [9.17, 15) is 13.6 Å². The van der Waals surface area contributed by atoms with Crippen LogP contribution in [0.3, 0.4) is 0 Å². The topological polar surface area (TPSA) is 56.1 Å². The van der Waals surface area contributed by atoms with Crippen molar-refractivity contribution in [2.75, 3.05) is 11.9 Å². The van der Waals surface area contributed by atoms with Gasteiger partial charge in [0.15, 0.2) is 0 Å². The summed E-state index contributed by atoms with van der Waals surface area (Å²) in [7, 11) is 0. The van der Waals surface area contributed by atoms with Gasteiger partial charge in [-0.2, -0.15) is 0 Å². The molecule has 27 heavy (non-hydrogen) atoms. The number of ether oxygens (including phenoxy) is 1. The fraction of sp³-hybridized carbons (Fsp3) is 0.200. The zero-order valence-electron chi connectivity index (χ0n) is 14.8. The Bertz CT molecular complexity index is 1070. The number of nitrogens with zero attached hydrogens (tertiary/aromatic N) is 2. The molecule has 1 unspecified atom stereocenters. The molecule has 0 radical (unpaired) electrons. The van der Waals surface area contributed by atoms with Crippen molar-refractivity contribution < 1.29 is 18.3 Å². The van der Waals surface area contributed by atoms with Crippen molar-refractivity contribution in [2.24, 2.45) is 0 Å². The van der Waals surface area contributed by atoms with Crippen LogP contribution < -0.4 is 5.32 Å². The summed E-state index contributed by atoms with van der Waals surface area (Å²) in [6.07, 6.45) is 0. The van der Waals surface area contributed by atoms with Gasteiger partial charge in [-0.1, -0.05) is 12.1 Å². The predicted octanol–water partition coefficient (Wildman–Crippen LogP) is 4.17. The maximum Gasteiger partial charge on any atom is 0.338 e. The van der Waals surface area contributed by atoms with E-state index in [1.54, 1.807) is 18.4 Å². The van der Waals surface area contributed by atoms with Gasteiger partial charge in [0.25, 0.3) is 0 Å². The molecule has 1 atom stereocenters. The second kappa shape index (κ2) is 6.50. The highest BCUT2D eigenvalue weighted by atomic mass is 19.1. The molecule has 0 bridgehead atoms. The van der Waals surface area contributed by atoms with Crippen LogP contribution >= 0.6 is 0 Å². The number of anilines is 1. The van der Waals surface area contributed by atoms with Crippen LogP contribution in [0.4, 0.5) is 14.7 Å². The molecule has 5 nitrogen and oxygen atoms in total. The third-order valence-corrected chi connectivity index (χ3v) is 4.53. The smallest absolute Gasteiger partial charge is 0.338 e. The lowest BCUT2D eigenvalue weighted by molar-refractivity contribution is -0.139. The Labute approximate surface area is 154 Å². The lowest BCUT2D eigenvalue weighted by atomic mass is 9.95. The molecule has 2 heterocycles. The lowest BCUT2D eigenvalue weighted by Gasteiger charge is -2.30. The molecule has 3 aromatic rings. The van der Waals surface area contributed by atoms with Crippen LogP contribution in [0.1, 0.15) is 25.5 Å². The minimum absolute atomic E-state index is 0.192. The Morgan fingerprint density at radius 1 is 1.22 bits per heavy atom. The number of carbonyl (C=O) groups is 1. The number of carbonyl (C=O) groups excluding carboxylic acids is 1. The van der Waals surface area contributed by atoms with Crippen LogP contribution in [0.15, 0.2) is 53.7 Å². The second-order valence-electron chi connectivity index (χ2n) is 6.28. The molecule has 1 N–H and O–H groups in total. The summed E-state index contributed by atoms with van der Waals surface area (Å²) in [5.41, 5.74) is 2.58. The van der Waals surface area contributed by atoms with Gasteiger partial charge >= 0.3 is 5.97 Å². The zero-order valence-corrected chi connectivity index (χ0v) is 14.8. The molecule has 7 heteroatoms. The number of fused-ring (bicyclic) bond motifs is 3. The number of allylic oxidation sites excluding steroid dienone is 1. The van der Waals surface area contributed by atoms with Gasteiger partial charge in [0, 0.05) is 11.8 Å². The van der Waals surface area contributed by atoms with Crippen molar-refractivity contribution in [3.05, 3.63) is 70.9 Å². The van der Waals surface area contributed by atoms with Gasteiger partial charge in [-0.05, 0) is 43.7 Å². The minimum Gasteiger partial charge on any atom is -0.463 e. The summed E-state index contributed by atoms with van der Waals surface area (Å²) >= 11 is 0. The molecular formula is C20H17F2N3O2. The van der Waals surface area contributed by atoms with E-state index in [4.69, 9.17) is 4.74 Å². The van der Waals surface area contributed by atoms with Crippen LogP contribution in [0.2, 0.25) is 0 Å². The van der Waals surface area contributed by atoms with Crippen molar-refractivity contribution in [2.45, 2.75) is 19.9 Å². The highest BCUT2D eigenvalue weighted by Gasteiger charge is 2.35. The molecular weight excluding hydrogens is 352 g/mol. The summed E-state index contributed by atoms with van der Waals surface area (Å²) in [6.45, 7) is 3.62. The van der Waals surface area contributed by atoms with Crippen molar-refractivity contribution in [1.29, 1.82) is 0 Å². The molecule has 0 fully saturated rings. The van der Waals surface area contributed by atoms with Gasteiger partial charge in [-0.25, -0.2) is 18.6 Å². The van der Waals surface area contributed by atoms with E-state index in [1.807, 2.05) is 24.3 Å². The minimum atomic E-state index is -0.766. The van der Waals surface area contributed by atoms with E-state index in [0.717, 1.165) is 11.6 Å². The molecule has 0 saturated carbocycles. The van der Waals surface area contributed by atoms with E-state index in [-0.39, 0.29) is 12.2 Å². The van der Waals surface area contributed by atoms with E-state index < -0.39 is 23.6 Å². The standard InChI is InChI=1S/C20H17F2N3O2/c1-3-27-19(26)17-11(2)23-20-24-15-6-4-5-7-16(15)25(20)18(17)12-8-13(21)10-14(22)9-12/h4-10,18H,3H2,1-2H3,(H,23,24). The molecule has 0 amide bonds. The van der Waals surface area contributed by atoms with Crippen LogP contribution in [0, 0.1) is 11.6 Å². The van der Waals surface area contributed by atoms with Crippen LogP contribution in [0.25, 0.3) is 11.0 Å². The Morgan fingerprint density at radius 3 is 2.63 bits per heavy atom. The summed E-state index contributed by atoms with van der Waals surface area (Å²) < 4.78 is 34.9. The molecule has 4 rings (SSSR count). The fourth-order valence-electron chi connectivity index (χ4n) is 3.49. The van der Waals surface area contributed by atoms with Crippen molar-refractivity contribution in [3.63, 3.8) is 0 Å². The average molecular weight is 369 g/mol. The molecule has 2 aromatic carbocycles. The number of aromatic nitrogens is 2. The number of esters is 1. The summed E-state index contributed by atoms with van der Waals surface area (Å²) in [6, 6.07) is 9.87. The lowest BCUT2D eigenvalue weighted by Crippen LogP contribution is -2.29. The summed E-state index contributed by atoms with van der Waals surface area (Å²) in [5, 5.41) is 3.11. The Hall–Kier alpha value is -3.22. The molecule has 1 aliphatic rings. The van der Waals surface area contributed by atoms with E-state index in [0.29, 0.717) is 22.7 Å². The second-order valence-corrected chi connectivity index (χ2v) is 6.28. The van der Waals surface area contributed by atoms with Gasteiger partial charge < -0.3 is 10.1 Å². The number of rotatable bonds is 3. The monoisotopic (exact) mass is 369 g/mol. The van der Waals surface area contributed by atoms with Gasteiger partial charge in [-0.3, -0.25) is 4.57 Å². The first-order chi connectivity index (χ1) is 13.0. The van der Waals surface area contributed by atoms with Crippen molar-refractivity contribution in [3.8, 4) is 0 Å². The number of imidazole rings is 1. The van der Waals surface area contributed by atoms with Gasteiger partial charge in [0.05, 0.1) is 29.3 Å². The predicted molar refractivity (Wildman–Crippen MR) is 97.2 cm³/mol. The zero-order chi connectivity index (χ0) is 19.1. The molecule has 0 spiro atoms. The van der Waals surface area contributed by atoms with Crippen molar-refractivity contribution >= 4 is 23.0 Å². The first-order valence-corrected chi connectivity index (χ1v) is 8.57. The average Bonchev–Trinajstić information content (AvgIpc) is 2.97. The molecule has 0 saturated heterocycles. The number of halogens is 2. The van der Waals surface area contributed by atoms with Gasteiger partial charge in [-0.15, -0.1) is 0 Å². The number of para-hydroxylation sites is 2. The van der Waals surface area contributed by atoms with Gasteiger partial charge in [0.2, 0.25) is 5.95 Å². The number of hydrogen-bond donors (Lipinski definition) is 1. The third-order valence-electron chi connectivity index (χ3n) is 4.53. The molecule has 0 aliphatic carbocycles. The number of hydrogen-bond acceptors (Lipinski definition) is 4. The first-order valence-electron chi connectivity index (χ1n) is 8.57. The fourth-order valence-corrected chi connectivity index (χ4v) is 3.49. The maximum absolute atomic E-state index is 14.0. The highest BCUT2D eigenvalue weighted by Crippen LogP contribution is 2.39. The SMILES string of the molecule is CCOC(=O)C1=C(C)Nc2nc3ccccc3n2C1c1cc(F)cc(F)c1. The Kier molecular flexibility index (Phi) is 4.14. The van der Waals surface area contributed by atoms with Crippen molar-refractivity contribution in [1.82, 2.24) is 9.55 Å². The Morgan fingerprint density at radius 2 is 1.93 bits per heavy atom. The maximum atomic E-state index is 14.0. The van der Waals surface area contributed by atoms with E-state index in [1.165, 1.54) is 12.1 Å². The van der Waals surface area contributed by atoms with Gasteiger partial charge in [0.1, 0.15) is 11.6 Å². The number of nitrogens with one attached hydrogen (secondary N) is 1.